The van der Waals surface area contributed by atoms with E-state index in [0.29, 0.717) is 5.92 Å². The normalized spacial score (nSPS) is 27.9. The average Bonchev–Trinajstić information content (AvgIpc) is 2.65. The topological polar surface area (TPSA) is 35.2 Å². The highest BCUT2D eigenvalue weighted by Crippen LogP contribution is 2.29. The number of rotatable bonds is 2. The van der Waals surface area contributed by atoms with Crippen molar-refractivity contribution >= 4 is 0 Å². The molecule has 1 heterocycles. The first-order chi connectivity index (χ1) is 7.18. The zero-order valence-corrected chi connectivity index (χ0v) is 9.44. The Labute approximate surface area is 91.4 Å². The minimum absolute atomic E-state index is 0.0168. The Morgan fingerprint density at radius 2 is 2.00 bits per heavy atom. The zero-order chi connectivity index (χ0) is 10.8. The summed E-state index contributed by atoms with van der Waals surface area (Å²) in [6.07, 6.45) is 1.32. The number of nitrogens with two attached hydrogens (primary N) is 1. The summed E-state index contributed by atoms with van der Waals surface area (Å²) < 4.78 is 5.69. The van der Waals surface area contributed by atoms with E-state index in [0.717, 1.165) is 13.0 Å². The molecule has 0 saturated carbocycles. The molecule has 0 spiro atoms. The fourth-order valence-corrected chi connectivity index (χ4v) is 2.15. The van der Waals surface area contributed by atoms with Gasteiger partial charge in [0.05, 0.1) is 12.1 Å². The van der Waals surface area contributed by atoms with Crippen LogP contribution in [-0.2, 0) is 4.74 Å². The van der Waals surface area contributed by atoms with Crippen molar-refractivity contribution in [3.63, 3.8) is 0 Å². The Kier molecular flexibility index (Phi) is 3.08. The van der Waals surface area contributed by atoms with Gasteiger partial charge >= 0.3 is 0 Å². The Balaban J connectivity index is 2.13. The van der Waals surface area contributed by atoms with E-state index in [9.17, 15) is 0 Å². The molecule has 15 heavy (non-hydrogen) atoms. The third kappa shape index (κ3) is 2.21. The van der Waals surface area contributed by atoms with Crippen LogP contribution in [0.25, 0.3) is 0 Å². The maximum Gasteiger partial charge on any atom is 0.0793 e. The summed E-state index contributed by atoms with van der Waals surface area (Å²) in [5.41, 5.74) is 8.67. The SMILES string of the molecule is Cc1ccc(C(N)C2OCCC2C)cc1. The minimum Gasteiger partial charge on any atom is -0.376 e. The number of ether oxygens (including phenoxy) is 1. The van der Waals surface area contributed by atoms with Gasteiger partial charge < -0.3 is 10.5 Å². The van der Waals surface area contributed by atoms with Crippen molar-refractivity contribution < 1.29 is 4.74 Å². The van der Waals surface area contributed by atoms with E-state index >= 15 is 0 Å². The zero-order valence-electron chi connectivity index (χ0n) is 9.44. The molecule has 0 radical (unpaired) electrons. The Morgan fingerprint density at radius 1 is 1.33 bits per heavy atom. The molecule has 3 atom stereocenters. The second-order valence-electron chi connectivity index (χ2n) is 4.54. The van der Waals surface area contributed by atoms with Gasteiger partial charge in [0.25, 0.3) is 0 Å². The van der Waals surface area contributed by atoms with Crippen LogP contribution in [0.1, 0.15) is 30.5 Å². The molecule has 0 aromatic heterocycles. The molecule has 1 aliphatic heterocycles. The largest absolute Gasteiger partial charge is 0.376 e. The molecule has 2 heteroatoms. The number of aryl methyl sites for hydroxylation is 1. The lowest BCUT2D eigenvalue weighted by molar-refractivity contribution is 0.0725. The van der Waals surface area contributed by atoms with Gasteiger partial charge in [-0.15, -0.1) is 0 Å². The smallest absolute Gasteiger partial charge is 0.0793 e. The van der Waals surface area contributed by atoms with E-state index in [-0.39, 0.29) is 12.1 Å². The highest BCUT2D eigenvalue weighted by atomic mass is 16.5. The minimum atomic E-state index is 0.0168. The molecular formula is C13H19NO. The molecule has 1 saturated heterocycles. The molecule has 1 aromatic rings. The van der Waals surface area contributed by atoms with Crippen molar-refractivity contribution in [2.45, 2.75) is 32.4 Å². The summed E-state index contributed by atoms with van der Waals surface area (Å²) in [5.74, 6) is 0.571. The van der Waals surface area contributed by atoms with E-state index in [1.54, 1.807) is 0 Å². The predicted octanol–water partition coefficient (Wildman–Crippen LogP) is 2.42. The first-order valence-corrected chi connectivity index (χ1v) is 5.62. The molecule has 1 aromatic carbocycles. The molecule has 0 aliphatic carbocycles. The van der Waals surface area contributed by atoms with Crippen molar-refractivity contribution in [3.05, 3.63) is 35.4 Å². The van der Waals surface area contributed by atoms with Crippen LogP contribution >= 0.6 is 0 Å². The van der Waals surface area contributed by atoms with Crippen molar-refractivity contribution in [2.24, 2.45) is 11.7 Å². The van der Waals surface area contributed by atoms with Gasteiger partial charge in [0, 0.05) is 6.61 Å². The second-order valence-corrected chi connectivity index (χ2v) is 4.54. The van der Waals surface area contributed by atoms with Crippen LogP contribution in [0.2, 0.25) is 0 Å². The van der Waals surface area contributed by atoms with Gasteiger partial charge in [0.1, 0.15) is 0 Å². The molecule has 0 bridgehead atoms. The molecular weight excluding hydrogens is 186 g/mol. The highest BCUT2D eigenvalue weighted by Gasteiger charge is 2.30. The fraction of sp³-hybridized carbons (Fsp3) is 0.538. The summed E-state index contributed by atoms with van der Waals surface area (Å²) in [7, 11) is 0. The first kappa shape index (κ1) is 10.7. The van der Waals surface area contributed by atoms with E-state index in [2.05, 4.69) is 38.1 Å². The van der Waals surface area contributed by atoms with Gasteiger partial charge in [-0.25, -0.2) is 0 Å². The van der Waals surface area contributed by atoms with Crippen LogP contribution in [0.15, 0.2) is 24.3 Å². The van der Waals surface area contributed by atoms with Crippen LogP contribution < -0.4 is 5.73 Å². The maximum atomic E-state index is 6.22. The number of hydrogen-bond donors (Lipinski definition) is 1. The third-order valence-electron chi connectivity index (χ3n) is 3.26. The van der Waals surface area contributed by atoms with Gasteiger partial charge in [0.2, 0.25) is 0 Å². The van der Waals surface area contributed by atoms with Crippen LogP contribution in [0.3, 0.4) is 0 Å². The van der Waals surface area contributed by atoms with Crippen molar-refractivity contribution in [3.8, 4) is 0 Å². The highest BCUT2D eigenvalue weighted by molar-refractivity contribution is 5.25. The van der Waals surface area contributed by atoms with Crippen LogP contribution in [-0.4, -0.2) is 12.7 Å². The molecule has 2 N–H and O–H groups in total. The Hall–Kier alpha value is -0.860. The summed E-state index contributed by atoms with van der Waals surface area (Å²) in [4.78, 5) is 0. The lowest BCUT2D eigenvalue weighted by atomic mass is 9.93. The van der Waals surface area contributed by atoms with Crippen molar-refractivity contribution in [2.75, 3.05) is 6.61 Å². The molecule has 1 fully saturated rings. The standard InChI is InChI=1S/C13H19NO/c1-9-3-5-11(6-4-9)12(14)13-10(2)7-8-15-13/h3-6,10,12-13H,7-8,14H2,1-2H3. The third-order valence-corrected chi connectivity index (χ3v) is 3.26. The maximum absolute atomic E-state index is 6.22. The average molecular weight is 205 g/mol. The first-order valence-electron chi connectivity index (χ1n) is 5.62. The molecule has 0 amide bonds. The van der Waals surface area contributed by atoms with E-state index < -0.39 is 0 Å². The second kappa shape index (κ2) is 4.33. The van der Waals surface area contributed by atoms with Crippen LogP contribution in [0.4, 0.5) is 0 Å². The lowest BCUT2D eigenvalue weighted by Gasteiger charge is -2.22. The molecule has 2 nitrogen and oxygen atoms in total. The van der Waals surface area contributed by atoms with Gasteiger partial charge in [0.15, 0.2) is 0 Å². The van der Waals surface area contributed by atoms with Crippen LogP contribution in [0.5, 0.6) is 0 Å². The monoisotopic (exact) mass is 205 g/mol. The fourth-order valence-electron chi connectivity index (χ4n) is 2.15. The van der Waals surface area contributed by atoms with Crippen molar-refractivity contribution in [1.29, 1.82) is 0 Å². The summed E-state index contributed by atoms with van der Waals surface area (Å²) >= 11 is 0. The molecule has 82 valence electrons. The summed E-state index contributed by atoms with van der Waals surface area (Å²) in [6, 6.07) is 8.44. The lowest BCUT2D eigenvalue weighted by Crippen LogP contribution is -2.29. The molecule has 3 unspecified atom stereocenters. The Bertz CT molecular complexity index is 320. The van der Waals surface area contributed by atoms with Gasteiger partial charge in [-0.1, -0.05) is 36.8 Å². The number of hydrogen-bond acceptors (Lipinski definition) is 2. The summed E-state index contributed by atoms with van der Waals surface area (Å²) in [5, 5.41) is 0. The van der Waals surface area contributed by atoms with Crippen molar-refractivity contribution in [1.82, 2.24) is 0 Å². The molecule has 1 aliphatic rings. The molecule has 2 rings (SSSR count). The number of benzene rings is 1. The van der Waals surface area contributed by atoms with Crippen LogP contribution in [0, 0.1) is 12.8 Å². The predicted molar refractivity (Wildman–Crippen MR) is 61.6 cm³/mol. The van der Waals surface area contributed by atoms with E-state index in [1.165, 1.54) is 11.1 Å². The van der Waals surface area contributed by atoms with E-state index in [4.69, 9.17) is 10.5 Å². The van der Waals surface area contributed by atoms with Gasteiger partial charge in [-0.3, -0.25) is 0 Å². The summed E-state index contributed by atoms with van der Waals surface area (Å²) in [6.45, 7) is 5.15. The quantitative estimate of drug-likeness (QED) is 0.804. The van der Waals surface area contributed by atoms with E-state index in [1.807, 2.05) is 0 Å². The van der Waals surface area contributed by atoms with Gasteiger partial charge in [-0.05, 0) is 24.8 Å². The van der Waals surface area contributed by atoms with Gasteiger partial charge in [-0.2, -0.15) is 0 Å². The Morgan fingerprint density at radius 3 is 2.53 bits per heavy atom.